The largest absolute Gasteiger partial charge is 0.294 e. The molecule has 1 saturated heterocycles. The van der Waals surface area contributed by atoms with Crippen LogP contribution in [0.1, 0.15) is 28.8 Å². The summed E-state index contributed by atoms with van der Waals surface area (Å²) in [6.07, 6.45) is 2.57. The SMILES string of the molecule is C=CCS(=O)(=O)N1CCC(C(=O)c2ccc(C)cc2)CC1. The zero-order valence-electron chi connectivity index (χ0n) is 12.3. The highest BCUT2D eigenvalue weighted by molar-refractivity contribution is 7.89. The normalized spacial score (nSPS) is 17.6. The first-order chi connectivity index (χ1) is 9.94. The zero-order chi connectivity index (χ0) is 15.5. The van der Waals surface area contributed by atoms with Gasteiger partial charge in [-0.1, -0.05) is 35.9 Å². The predicted molar refractivity (Wildman–Crippen MR) is 83.8 cm³/mol. The fraction of sp³-hybridized carbons (Fsp3) is 0.438. The van der Waals surface area contributed by atoms with Gasteiger partial charge in [-0.25, -0.2) is 12.7 Å². The fourth-order valence-electron chi connectivity index (χ4n) is 2.60. The maximum Gasteiger partial charge on any atom is 0.217 e. The van der Waals surface area contributed by atoms with Crippen molar-refractivity contribution in [1.82, 2.24) is 4.31 Å². The number of hydrogen-bond acceptors (Lipinski definition) is 3. The van der Waals surface area contributed by atoms with Gasteiger partial charge < -0.3 is 0 Å². The van der Waals surface area contributed by atoms with Crippen LogP contribution in [-0.4, -0.2) is 37.3 Å². The number of Topliss-reactive ketones (excluding diaryl/α,β-unsaturated/α-hetero) is 1. The third-order valence-electron chi connectivity index (χ3n) is 3.88. The van der Waals surface area contributed by atoms with E-state index in [1.165, 1.54) is 10.4 Å². The van der Waals surface area contributed by atoms with Gasteiger partial charge in [-0.3, -0.25) is 4.79 Å². The lowest BCUT2D eigenvalue weighted by molar-refractivity contribution is 0.0875. The first-order valence-corrected chi connectivity index (χ1v) is 8.74. The monoisotopic (exact) mass is 307 g/mol. The Morgan fingerprint density at radius 1 is 1.29 bits per heavy atom. The van der Waals surface area contributed by atoms with Crippen LogP contribution in [0.15, 0.2) is 36.9 Å². The molecule has 114 valence electrons. The van der Waals surface area contributed by atoms with Crippen LogP contribution in [0.4, 0.5) is 0 Å². The molecule has 0 unspecified atom stereocenters. The van der Waals surface area contributed by atoms with Gasteiger partial charge in [0.1, 0.15) is 0 Å². The number of carbonyl (C=O) groups is 1. The lowest BCUT2D eigenvalue weighted by Crippen LogP contribution is -2.41. The molecular weight excluding hydrogens is 286 g/mol. The first kappa shape index (κ1) is 15.9. The maximum absolute atomic E-state index is 12.4. The highest BCUT2D eigenvalue weighted by Gasteiger charge is 2.30. The number of rotatable bonds is 5. The molecule has 0 amide bonds. The van der Waals surface area contributed by atoms with Crippen LogP contribution in [0.25, 0.3) is 0 Å². The van der Waals surface area contributed by atoms with E-state index in [0.717, 1.165) is 5.56 Å². The summed E-state index contributed by atoms with van der Waals surface area (Å²) in [7, 11) is -3.25. The molecule has 1 heterocycles. The van der Waals surface area contributed by atoms with Crippen molar-refractivity contribution < 1.29 is 13.2 Å². The van der Waals surface area contributed by atoms with Gasteiger partial charge in [0.2, 0.25) is 10.0 Å². The van der Waals surface area contributed by atoms with Crippen LogP contribution in [0, 0.1) is 12.8 Å². The van der Waals surface area contributed by atoms with E-state index in [1.54, 1.807) is 0 Å². The summed E-state index contributed by atoms with van der Waals surface area (Å²) in [5.74, 6) is 0.00230. The quantitative estimate of drug-likeness (QED) is 0.620. The minimum absolute atomic E-state index is 0.0381. The van der Waals surface area contributed by atoms with E-state index in [4.69, 9.17) is 0 Å². The Morgan fingerprint density at radius 2 is 1.86 bits per heavy atom. The second-order valence-electron chi connectivity index (χ2n) is 5.47. The molecule has 0 aliphatic carbocycles. The molecule has 0 N–H and O–H groups in total. The second-order valence-corrected chi connectivity index (χ2v) is 7.48. The van der Waals surface area contributed by atoms with Gasteiger partial charge in [0.25, 0.3) is 0 Å². The molecule has 4 nitrogen and oxygen atoms in total. The number of nitrogens with zero attached hydrogens (tertiary/aromatic N) is 1. The number of ketones is 1. The molecular formula is C16H21NO3S. The van der Waals surface area contributed by atoms with E-state index in [0.29, 0.717) is 31.5 Å². The summed E-state index contributed by atoms with van der Waals surface area (Å²) in [5, 5.41) is 0. The molecule has 1 aromatic carbocycles. The first-order valence-electron chi connectivity index (χ1n) is 7.13. The van der Waals surface area contributed by atoms with Crippen LogP contribution in [0.5, 0.6) is 0 Å². The van der Waals surface area contributed by atoms with Crippen LogP contribution >= 0.6 is 0 Å². The lowest BCUT2D eigenvalue weighted by atomic mass is 9.89. The number of benzene rings is 1. The Balaban J connectivity index is 1.99. The summed E-state index contributed by atoms with van der Waals surface area (Å²) in [6, 6.07) is 7.55. The molecule has 0 saturated carbocycles. The summed E-state index contributed by atoms with van der Waals surface area (Å²) in [5.41, 5.74) is 1.84. The Morgan fingerprint density at radius 3 is 2.38 bits per heavy atom. The summed E-state index contributed by atoms with van der Waals surface area (Å²) < 4.78 is 25.3. The lowest BCUT2D eigenvalue weighted by Gasteiger charge is -2.30. The standard InChI is InChI=1S/C16H21NO3S/c1-3-12-21(19,20)17-10-8-15(9-11-17)16(18)14-6-4-13(2)5-7-14/h3-7,15H,1,8-12H2,2H3. The van der Waals surface area contributed by atoms with Crippen LogP contribution < -0.4 is 0 Å². The summed E-state index contributed by atoms with van der Waals surface area (Å²) in [4.78, 5) is 12.4. The summed E-state index contributed by atoms with van der Waals surface area (Å²) >= 11 is 0. The van der Waals surface area contributed by atoms with Crippen molar-refractivity contribution in [3.63, 3.8) is 0 Å². The van der Waals surface area contributed by atoms with Gasteiger partial charge in [-0.2, -0.15) is 0 Å². The van der Waals surface area contributed by atoms with E-state index >= 15 is 0 Å². The van der Waals surface area contributed by atoms with Crippen molar-refractivity contribution in [1.29, 1.82) is 0 Å². The minimum Gasteiger partial charge on any atom is -0.294 e. The van der Waals surface area contributed by atoms with Gasteiger partial charge in [-0.15, -0.1) is 6.58 Å². The average molecular weight is 307 g/mol. The Kier molecular flexibility index (Phi) is 4.96. The third-order valence-corrected chi connectivity index (χ3v) is 5.69. The number of carbonyl (C=O) groups excluding carboxylic acids is 1. The number of piperidine rings is 1. The van der Waals surface area contributed by atoms with Crippen molar-refractivity contribution in [2.45, 2.75) is 19.8 Å². The second kappa shape index (κ2) is 6.54. The van der Waals surface area contributed by atoms with Crippen LogP contribution in [0.3, 0.4) is 0 Å². The zero-order valence-corrected chi connectivity index (χ0v) is 13.1. The van der Waals surface area contributed by atoms with E-state index in [-0.39, 0.29) is 17.5 Å². The fourth-order valence-corrected chi connectivity index (χ4v) is 3.88. The smallest absolute Gasteiger partial charge is 0.217 e. The van der Waals surface area contributed by atoms with Crippen molar-refractivity contribution >= 4 is 15.8 Å². The van der Waals surface area contributed by atoms with Gasteiger partial charge in [0, 0.05) is 24.6 Å². The maximum atomic E-state index is 12.4. The molecule has 5 heteroatoms. The number of hydrogen-bond donors (Lipinski definition) is 0. The Bertz CT molecular complexity index is 611. The van der Waals surface area contributed by atoms with Crippen LogP contribution in [0.2, 0.25) is 0 Å². The van der Waals surface area contributed by atoms with E-state index in [1.807, 2.05) is 31.2 Å². The minimum atomic E-state index is -3.25. The van der Waals surface area contributed by atoms with Gasteiger partial charge in [-0.05, 0) is 19.8 Å². The highest BCUT2D eigenvalue weighted by atomic mass is 32.2. The number of aryl methyl sites for hydroxylation is 1. The van der Waals surface area contributed by atoms with Gasteiger partial charge >= 0.3 is 0 Å². The van der Waals surface area contributed by atoms with Crippen molar-refractivity contribution in [3.8, 4) is 0 Å². The molecule has 2 rings (SSSR count). The van der Waals surface area contributed by atoms with E-state index in [9.17, 15) is 13.2 Å². The van der Waals surface area contributed by atoms with Crippen molar-refractivity contribution in [2.24, 2.45) is 5.92 Å². The molecule has 1 aliphatic heterocycles. The van der Waals surface area contributed by atoms with E-state index in [2.05, 4.69) is 6.58 Å². The summed E-state index contributed by atoms with van der Waals surface area (Å²) in [6.45, 7) is 6.28. The molecule has 0 aromatic heterocycles. The van der Waals surface area contributed by atoms with Gasteiger partial charge in [0.05, 0.1) is 5.75 Å². The third kappa shape index (κ3) is 3.80. The predicted octanol–water partition coefficient (Wildman–Crippen LogP) is 2.41. The molecule has 0 bridgehead atoms. The topological polar surface area (TPSA) is 54.5 Å². The van der Waals surface area contributed by atoms with Crippen molar-refractivity contribution in [2.75, 3.05) is 18.8 Å². The van der Waals surface area contributed by atoms with E-state index < -0.39 is 10.0 Å². The number of sulfonamides is 1. The molecule has 21 heavy (non-hydrogen) atoms. The molecule has 1 aliphatic rings. The van der Waals surface area contributed by atoms with Gasteiger partial charge in [0.15, 0.2) is 5.78 Å². The molecule has 0 atom stereocenters. The molecule has 1 fully saturated rings. The average Bonchev–Trinajstić information content (AvgIpc) is 2.47. The molecule has 0 spiro atoms. The van der Waals surface area contributed by atoms with Crippen molar-refractivity contribution in [3.05, 3.63) is 48.0 Å². The van der Waals surface area contributed by atoms with Crippen LogP contribution in [-0.2, 0) is 10.0 Å². The Hall–Kier alpha value is -1.46. The Labute approximate surface area is 126 Å². The molecule has 1 aromatic rings. The highest BCUT2D eigenvalue weighted by Crippen LogP contribution is 2.23. The molecule has 0 radical (unpaired) electrons.